The zero-order valence-corrected chi connectivity index (χ0v) is 40.3. The Hall–Kier alpha value is -6.78. The fourth-order valence-electron chi connectivity index (χ4n) is 8.91. The summed E-state index contributed by atoms with van der Waals surface area (Å²) in [4.78, 5) is 73.9. The van der Waals surface area contributed by atoms with E-state index in [4.69, 9.17) is 25.7 Å². The molecule has 7 N–H and O–H groups in total. The number of hydrogen-bond acceptors (Lipinski definition) is 12. The highest BCUT2D eigenvalue weighted by Crippen LogP contribution is 2.26. The molecule has 2 fully saturated rings. The van der Waals surface area contributed by atoms with Crippen LogP contribution >= 0.6 is 0 Å². The van der Waals surface area contributed by atoms with E-state index in [2.05, 4.69) is 10.6 Å². The van der Waals surface area contributed by atoms with Gasteiger partial charge in [-0.25, -0.2) is 0 Å². The van der Waals surface area contributed by atoms with E-state index in [1.165, 1.54) is 6.08 Å². The van der Waals surface area contributed by atoms with Crippen molar-refractivity contribution in [2.45, 2.75) is 92.1 Å². The maximum Gasteiger partial charge on any atom is 0.244 e. The number of nitrogens with two attached hydrogens (primary N) is 2. The van der Waals surface area contributed by atoms with Gasteiger partial charge in [-0.2, -0.15) is 0 Å². The molecule has 0 radical (unpaired) electrons. The molecule has 4 heterocycles. The Balaban J connectivity index is 1.02. The van der Waals surface area contributed by atoms with E-state index in [1.54, 1.807) is 29.1 Å². The Kier molecular flexibility index (Phi) is 17.0. The lowest BCUT2D eigenvalue weighted by atomic mass is 10.0. The number of furan rings is 2. The summed E-state index contributed by atoms with van der Waals surface area (Å²) < 4.78 is 11.6. The van der Waals surface area contributed by atoms with E-state index in [0.717, 1.165) is 28.0 Å². The fourth-order valence-corrected chi connectivity index (χ4v) is 8.91. The number of benzene rings is 2. The minimum Gasteiger partial charge on any atom is -0.464 e. The van der Waals surface area contributed by atoms with Crippen LogP contribution < -0.4 is 22.1 Å². The SMILES string of the molecule is C/C(N)=C/C(=O)CN1CC(C)N(C(=O)C(C)C)C(C(=O)NCc2ccc(-c3ccc(C/C(N)=C/C(=N)CN4CC(C)N(C(=O)C(C)C)C(C(=O)NCc5ccc(-c6ccco6)cc5)C4)o3)cc2)C1. The van der Waals surface area contributed by atoms with E-state index in [9.17, 15) is 24.0 Å². The number of nitrogens with one attached hydrogen (secondary N) is 3. The molecule has 4 amide bonds. The predicted octanol–water partition coefficient (Wildman–Crippen LogP) is 5.09. The normalized spacial score (nSPS) is 19.6. The maximum atomic E-state index is 13.8. The van der Waals surface area contributed by atoms with Gasteiger partial charge in [0.25, 0.3) is 0 Å². The van der Waals surface area contributed by atoms with Crippen molar-refractivity contribution in [3.05, 3.63) is 119 Å². The summed E-state index contributed by atoms with van der Waals surface area (Å²) in [6.45, 7) is 15.1. The van der Waals surface area contributed by atoms with E-state index in [-0.39, 0.29) is 98.2 Å². The number of piperazine rings is 2. The summed E-state index contributed by atoms with van der Waals surface area (Å²) in [6.07, 6.45) is 4.90. The number of allylic oxidation sites excluding steroid dienone is 2. The van der Waals surface area contributed by atoms with Crippen molar-refractivity contribution in [3.8, 4) is 22.6 Å². The van der Waals surface area contributed by atoms with Crippen LogP contribution in [0.15, 0.2) is 111 Å². The molecule has 0 aliphatic carbocycles. The molecule has 68 heavy (non-hydrogen) atoms. The first-order chi connectivity index (χ1) is 32.4. The molecule has 16 heteroatoms. The number of hydrogen-bond donors (Lipinski definition) is 5. The van der Waals surface area contributed by atoms with E-state index in [0.29, 0.717) is 42.5 Å². The van der Waals surface area contributed by atoms with Gasteiger partial charge < -0.3 is 46.1 Å². The van der Waals surface area contributed by atoms with Gasteiger partial charge in [0, 0.05) is 110 Å². The average molecular weight is 930 g/mol. The highest BCUT2D eigenvalue weighted by molar-refractivity contribution is 5.95. The van der Waals surface area contributed by atoms with Crippen molar-refractivity contribution in [1.82, 2.24) is 30.2 Å². The summed E-state index contributed by atoms with van der Waals surface area (Å²) in [7, 11) is 0. The van der Waals surface area contributed by atoms with E-state index >= 15 is 0 Å². The van der Waals surface area contributed by atoms with Crippen molar-refractivity contribution in [2.75, 3.05) is 39.3 Å². The van der Waals surface area contributed by atoms with Crippen LogP contribution in [0.3, 0.4) is 0 Å². The standard InChI is InChI=1S/C52H67N9O7/c1-32(2)51(65)60-35(6)26-58(30-45(60)49(63)56-24-37-10-14-39(15-11-37)47-9-8-20-67-47)28-42(55)22-41(54)23-44-18-19-48(68-44)40-16-12-38(13-17-40)25-57-50(64)46-31-59(29-43(62)21-34(5)53)27-36(7)61(46)52(66)33(3)4/h8-22,32-33,35-36,45-46,55H,23-31,53-54H2,1-7H3,(H,56,63)(H,57,64)/b34-21-,41-22-,55-42?. The highest BCUT2D eigenvalue weighted by Gasteiger charge is 2.41. The molecule has 4 unspecified atom stereocenters. The lowest BCUT2D eigenvalue weighted by Crippen LogP contribution is -2.65. The average Bonchev–Trinajstić information content (AvgIpc) is 4.00. The molecule has 6 rings (SSSR count). The van der Waals surface area contributed by atoms with Crippen LogP contribution in [-0.4, -0.2) is 118 Å². The molecule has 2 aromatic heterocycles. The maximum absolute atomic E-state index is 13.8. The van der Waals surface area contributed by atoms with Gasteiger partial charge >= 0.3 is 0 Å². The fraction of sp³-hybridized carbons (Fsp3) is 0.423. The molecule has 16 nitrogen and oxygen atoms in total. The molecule has 0 bridgehead atoms. The number of nitrogens with zero attached hydrogens (tertiary/aromatic N) is 4. The molecular formula is C52H67N9O7. The van der Waals surface area contributed by atoms with Crippen LogP contribution in [0, 0.1) is 17.2 Å². The number of ketones is 1. The van der Waals surface area contributed by atoms with Crippen molar-refractivity contribution in [1.29, 1.82) is 5.41 Å². The molecular weight excluding hydrogens is 863 g/mol. The van der Waals surface area contributed by atoms with Gasteiger partial charge in [-0.1, -0.05) is 76.2 Å². The Bertz CT molecular complexity index is 2470. The number of carbonyl (C=O) groups is 5. The Labute approximate surface area is 399 Å². The number of carbonyl (C=O) groups excluding carboxylic acids is 5. The molecule has 2 aliphatic rings. The second kappa shape index (κ2) is 22.8. The lowest BCUT2D eigenvalue weighted by molar-refractivity contribution is -0.150. The van der Waals surface area contributed by atoms with Gasteiger partial charge in [-0.05, 0) is 62.2 Å². The van der Waals surface area contributed by atoms with Crippen LogP contribution in [0.4, 0.5) is 0 Å². The van der Waals surface area contributed by atoms with Crippen LogP contribution in [-0.2, 0) is 43.5 Å². The summed E-state index contributed by atoms with van der Waals surface area (Å²) in [5, 5.41) is 14.9. The molecule has 4 atom stereocenters. The van der Waals surface area contributed by atoms with Crippen molar-refractivity contribution < 1.29 is 32.8 Å². The van der Waals surface area contributed by atoms with Crippen LogP contribution in [0.5, 0.6) is 0 Å². The quantitative estimate of drug-likeness (QED) is 0.0653. The Morgan fingerprint density at radius 3 is 1.66 bits per heavy atom. The Morgan fingerprint density at radius 2 is 1.19 bits per heavy atom. The summed E-state index contributed by atoms with van der Waals surface area (Å²) >= 11 is 0. The van der Waals surface area contributed by atoms with E-state index in [1.807, 2.05) is 124 Å². The summed E-state index contributed by atoms with van der Waals surface area (Å²) in [5.74, 6) is 0.514. The zero-order chi connectivity index (χ0) is 49.2. The van der Waals surface area contributed by atoms with Crippen molar-refractivity contribution in [3.63, 3.8) is 0 Å². The smallest absolute Gasteiger partial charge is 0.244 e. The van der Waals surface area contributed by atoms with Gasteiger partial charge in [0.15, 0.2) is 5.78 Å². The van der Waals surface area contributed by atoms with E-state index < -0.39 is 12.1 Å². The monoisotopic (exact) mass is 930 g/mol. The molecule has 2 saturated heterocycles. The molecule has 2 aromatic carbocycles. The summed E-state index contributed by atoms with van der Waals surface area (Å²) in [5.41, 5.74) is 16.8. The number of rotatable bonds is 18. The number of amides is 4. The van der Waals surface area contributed by atoms with Gasteiger partial charge in [0.05, 0.1) is 12.8 Å². The third kappa shape index (κ3) is 13.2. The van der Waals surface area contributed by atoms with Gasteiger partial charge in [0.2, 0.25) is 23.6 Å². The van der Waals surface area contributed by atoms with Crippen LogP contribution in [0.25, 0.3) is 22.6 Å². The Morgan fingerprint density at radius 1 is 0.691 bits per heavy atom. The van der Waals surface area contributed by atoms with Gasteiger partial charge in [0.1, 0.15) is 29.4 Å². The minimum absolute atomic E-state index is 0.0916. The van der Waals surface area contributed by atoms with Gasteiger partial charge in [-0.15, -0.1) is 0 Å². The first-order valence-electron chi connectivity index (χ1n) is 23.3. The summed E-state index contributed by atoms with van der Waals surface area (Å²) in [6, 6.07) is 20.7. The third-order valence-corrected chi connectivity index (χ3v) is 12.1. The topological polar surface area (TPSA) is 225 Å². The predicted molar refractivity (Wildman–Crippen MR) is 261 cm³/mol. The van der Waals surface area contributed by atoms with Crippen molar-refractivity contribution >= 4 is 35.1 Å². The molecule has 0 saturated carbocycles. The van der Waals surface area contributed by atoms with Gasteiger partial charge in [-0.3, -0.25) is 33.8 Å². The second-order valence-electron chi connectivity index (χ2n) is 18.8. The minimum atomic E-state index is -0.767. The van der Waals surface area contributed by atoms with Crippen LogP contribution in [0.1, 0.15) is 65.4 Å². The zero-order valence-electron chi connectivity index (χ0n) is 40.3. The largest absolute Gasteiger partial charge is 0.464 e. The first kappa shape index (κ1) is 50.6. The third-order valence-electron chi connectivity index (χ3n) is 12.1. The molecule has 0 spiro atoms. The first-order valence-corrected chi connectivity index (χ1v) is 23.3. The lowest BCUT2D eigenvalue weighted by Gasteiger charge is -2.45. The second-order valence-corrected chi connectivity index (χ2v) is 18.8. The molecule has 2 aliphatic heterocycles. The molecule has 362 valence electrons. The molecule has 4 aromatic rings. The van der Waals surface area contributed by atoms with Crippen LogP contribution in [0.2, 0.25) is 0 Å². The van der Waals surface area contributed by atoms with Crippen molar-refractivity contribution in [2.24, 2.45) is 23.3 Å². The highest BCUT2D eigenvalue weighted by atomic mass is 16.3.